The van der Waals surface area contributed by atoms with Gasteiger partial charge in [-0.3, -0.25) is 9.36 Å². The number of nitrogens with zero attached hydrogens (tertiary/aromatic N) is 3. The Morgan fingerprint density at radius 3 is 2.75 bits per heavy atom. The van der Waals surface area contributed by atoms with Gasteiger partial charge >= 0.3 is 5.69 Å². The highest BCUT2D eigenvalue weighted by Crippen LogP contribution is 2.27. The zero-order valence-electron chi connectivity index (χ0n) is 17.7. The number of aromatic nitrogens is 3. The number of nitrogens with one attached hydrogen (secondary N) is 1. The lowest BCUT2D eigenvalue weighted by Gasteiger charge is -2.14. The summed E-state index contributed by atoms with van der Waals surface area (Å²) >= 11 is 0. The minimum atomic E-state index is -0.802. The van der Waals surface area contributed by atoms with Gasteiger partial charge < -0.3 is 10.1 Å². The Kier molecular flexibility index (Phi) is 6.34. The number of halogens is 2. The number of carbonyl (C=O) groups excluding carboxylic acids is 1. The van der Waals surface area contributed by atoms with Gasteiger partial charge in [0, 0.05) is 19.0 Å². The van der Waals surface area contributed by atoms with E-state index in [1.165, 1.54) is 24.3 Å². The molecule has 0 spiro atoms. The third-order valence-electron chi connectivity index (χ3n) is 5.37. The van der Waals surface area contributed by atoms with Gasteiger partial charge in [0.15, 0.2) is 0 Å². The van der Waals surface area contributed by atoms with Crippen LogP contribution in [-0.4, -0.2) is 26.9 Å². The lowest BCUT2D eigenvalue weighted by molar-refractivity contribution is 0.102. The number of rotatable bonds is 7. The molecule has 2 heterocycles. The molecule has 9 heteroatoms. The van der Waals surface area contributed by atoms with Gasteiger partial charge in [0.2, 0.25) is 0 Å². The molecule has 0 atom stereocenters. The normalized spacial score (nSPS) is 13.0. The fraction of sp³-hybridized carbons (Fsp3) is 0.348. The number of amides is 1. The summed E-state index contributed by atoms with van der Waals surface area (Å²) < 4.78 is 37.4. The number of fused-ring (bicyclic) bond motifs is 1. The maximum absolute atomic E-state index is 15.1. The molecular weight excluding hydrogens is 418 g/mol. The molecule has 0 saturated heterocycles. The minimum absolute atomic E-state index is 0.0283. The van der Waals surface area contributed by atoms with Crippen LogP contribution < -0.4 is 15.7 Å². The number of benzene rings is 2. The molecule has 0 aliphatic carbocycles. The predicted molar refractivity (Wildman–Crippen MR) is 115 cm³/mol. The van der Waals surface area contributed by atoms with Gasteiger partial charge in [-0.2, -0.15) is 4.68 Å². The van der Waals surface area contributed by atoms with E-state index in [2.05, 4.69) is 10.4 Å². The van der Waals surface area contributed by atoms with Gasteiger partial charge in [0.05, 0.1) is 17.9 Å². The van der Waals surface area contributed by atoms with Gasteiger partial charge in [-0.25, -0.2) is 13.6 Å². The average Bonchev–Trinajstić information content (AvgIpc) is 3.12. The number of ether oxygens (including phenoxy) is 1. The molecule has 2 aromatic carbocycles. The Labute approximate surface area is 183 Å². The summed E-state index contributed by atoms with van der Waals surface area (Å²) in [6.07, 6.45) is 4.01. The van der Waals surface area contributed by atoms with Gasteiger partial charge in [-0.05, 0) is 37.5 Å². The van der Waals surface area contributed by atoms with Crippen LogP contribution in [0.3, 0.4) is 0 Å². The molecule has 7 nitrogen and oxygen atoms in total. The van der Waals surface area contributed by atoms with Crippen LogP contribution in [0.15, 0.2) is 41.2 Å². The van der Waals surface area contributed by atoms with Crippen LogP contribution in [0.1, 0.15) is 48.8 Å². The third-order valence-corrected chi connectivity index (χ3v) is 5.37. The van der Waals surface area contributed by atoms with E-state index in [0.29, 0.717) is 25.4 Å². The standard InChI is InChI=1S/C23H24F2N4O3/c1-2-3-12-32-20-14-19(29-23(31)28-11-7-6-10-21(28)27-29)17(25)13-15(20)22(30)26-18-9-5-4-8-16(18)24/h4-5,8-9,13-14H,2-3,6-7,10-12H2,1H3,(H,26,30). The van der Waals surface area contributed by atoms with Crippen molar-refractivity contribution in [3.63, 3.8) is 0 Å². The average molecular weight is 442 g/mol. The minimum Gasteiger partial charge on any atom is -0.493 e. The molecule has 1 aliphatic rings. The van der Waals surface area contributed by atoms with Crippen molar-refractivity contribution in [1.82, 2.24) is 14.3 Å². The molecule has 0 fully saturated rings. The second-order valence-corrected chi connectivity index (χ2v) is 7.66. The Morgan fingerprint density at radius 2 is 2.00 bits per heavy atom. The van der Waals surface area contributed by atoms with E-state index >= 15 is 4.39 Å². The summed E-state index contributed by atoms with van der Waals surface area (Å²) in [5.74, 6) is -1.42. The highest BCUT2D eigenvalue weighted by atomic mass is 19.1. The van der Waals surface area contributed by atoms with Gasteiger partial charge in [0.25, 0.3) is 5.91 Å². The fourth-order valence-electron chi connectivity index (χ4n) is 3.64. The van der Waals surface area contributed by atoms with Crippen molar-refractivity contribution >= 4 is 11.6 Å². The Bertz CT molecular complexity index is 1200. The van der Waals surface area contributed by atoms with Crippen molar-refractivity contribution in [2.24, 2.45) is 0 Å². The number of para-hydroxylation sites is 1. The molecule has 0 saturated carbocycles. The first-order chi connectivity index (χ1) is 15.5. The molecular formula is C23H24F2N4O3. The maximum Gasteiger partial charge on any atom is 0.350 e. The van der Waals surface area contributed by atoms with Crippen molar-refractivity contribution in [1.29, 1.82) is 0 Å². The van der Waals surface area contributed by atoms with E-state index in [1.54, 1.807) is 10.6 Å². The SMILES string of the molecule is CCCCOc1cc(-n2nc3n(c2=O)CCCC3)c(F)cc1C(=O)Nc1ccccc1F. The van der Waals surface area contributed by atoms with Crippen molar-refractivity contribution in [2.45, 2.75) is 45.6 Å². The first-order valence-electron chi connectivity index (χ1n) is 10.7. The second kappa shape index (κ2) is 9.33. The number of unbranched alkanes of at least 4 members (excludes halogenated alkanes) is 1. The second-order valence-electron chi connectivity index (χ2n) is 7.66. The van der Waals surface area contributed by atoms with E-state index in [4.69, 9.17) is 4.74 Å². The molecule has 3 aromatic rings. The highest BCUT2D eigenvalue weighted by Gasteiger charge is 2.23. The Morgan fingerprint density at radius 1 is 1.19 bits per heavy atom. The van der Waals surface area contributed by atoms with Gasteiger partial charge in [0.1, 0.15) is 28.9 Å². The van der Waals surface area contributed by atoms with Crippen LogP contribution >= 0.6 is 0 Å². The van der Waals surface area contributed by atoms with E-state index in [-0.39, 0.29) is 22.7 Å². The van der Waals surface area contributed by atoms with Crippen LogP contribution in [0.2, 0.25) is 0 Å². The van der Waals surface area contributed by atoms with E-state index in [9.17, 15) is 14.0 Å². The van der Waals surface area contributed by atoms with E-state index < -0.39 is 23.2 Å². The van der Waals surface area contributed by atoms with Crippen molar-refractivity contribution < 1.29 is 18.3 Å². The molecule has 1 N–H and O–H groups in total. The van der Waals surface area contributed by atoms with Crippen LogP contribution in [0.25, 0.3) is 5.69 Å². The maximum atomic E-state index is 15.1. The summed E-state index contributed by atoms with van der Waals surface area (Å²) in [6.45, 7) is 2.83. The molecule has 1 amide bonds. The van der Waals surface area contributed by atoms with Crippen LogP contribution in [0.5, 0.6) is 5.75 Å². The lowest BCUT2D eigenvalue weighted by atomic mass is 10.1. The Hall–Kier alpha value is -3.49. The number of anilines is 1. The quantitative estimate of drug-likeness (QED) is 0.560. The van der Waals surface area contributed by atoms with Crippen LogP contribution in [0.4, 0.5) is 14.5 Å². The van der Waals surface area contributed by atoms with Crippen molar-refractivity contribution in [2.75, 3.05) is 11.9 Å². The smallest absolute Gasteiger partial charge is 0.350 e. The molecule has 0 radical (unpaired) electrons. The zero-order chi connectivity index (χ0) is 22.7. The molecule has 4 rings (SSSR count). The largest absolute Gasteiger partial charge is 0.493 e. The summed E-state index contributed by atoms with van der Waals surface area (Å²) in [5.41, 5.74) is -0.644. The lowest BCUT2D eigenvalue weighted by Crippen LogP contribution is -2.26. The molecule has 32 heavy (non-hydrogen) atoms. The van der Waals surface area contributed by atoms with Gasteiger partial charge in [-0.15, -0.1) is 5.10 Å². The van der Waals surface area contributed by atoms with Gasteiger partial charge in [-0.1, -0.05) is 25.5 Å². The van der Waals surface area contributed by atoms with E-state index in [1.807, 2.05) is 6.92 Å². The molecule has 0 bridgehead atoms. The summed E-state index contributed by atoms with van der Waals surface area (Å²) in [7, 11) is 0. The first-order valence-corrected chi connectivity index (χ1v) is 10.7. The van der Waals surface area contributed by atoms with Crippen LogP contribution in [0, 0.1) is 11.6 Å². The zero-order valence-corrected chi connectivity index (χ0v) is 17.7. The number of aryl methyl sites for hydroxylation is 1. The van der Waals surface area contributed by atoms with E-state index in [0.717, 1.165) is 36.4 Å². The van der Waals surface area contributed by atoms with Crippen molar-refractivity contribution in [3.05, 3.63) is 69.9 Å². The van der Waals surface area contributed by atoms with Crippen molar-refractivity contribution in [3.8, 4) is 11.4 Å². The number of hydrogen-bond acceptors (Lipinski definition) is 4. The Balaban J connectivity index is 1.74. The molecule has 1 aliphatic heterocycles. The number of carbonyl (C=O) groups is 1. The summed E-state index contributed by atoms with van der Waals surface area (Å²) in [6, 6.07) is 8.00. The predicted octanol–water partition coefficient (Wildman–Crippen LogP) is 4.08. The first kappa shape index (κ1) is 21.7. The highest BCUT2D eigenvalue weighted by molar-refractivity contribution is 6.06. The summed E-state index contributed by atoms with van der Waals surface area (Å²) in [5, 5.41) is 6.74. The third kappa shape index (κ3) is 4.28. The summed E-state index contributed by atoms with van der Waals surface area (Å²) in [4.78, 5) is 25.6. The topological polar surface area (TPSA) is 78.2 Å². The van der Waals surface area contributed by atoms with Crippen LogP contribution in [-0.2, 0) is 13.0 Å². The molecule has 168 valence electrons. The fourth-order valence-corrected chi connectivity index (χ4v) is 3.64. The number of hydrogen-bond donors (Lipinski definition) is 1. The molecule has 1 aromatic heterocycles. The molecule has 0 unspecified atom stereocenters. The monoisotopic (exact) mass is 442 g/mol.